The van der Waals surface area contributed by atoms with Gasteiger partial charge in [-0.3, -0.25) is 14.3 Å². The molecule has 1 aromatic carbocycles. The van der Waals surface area contributed by atoms with Gasteiger partial charge in [-0.05, 0) is 12.3 Å². The maximum atomic E-state index is 12.3. The normalized spacial score (nSPS) is 12.8. The maximum Gasteiger partial charge on any atom is 0.270 e. The van der Waals surface area contributed by atoms with Gasteiger partial charge in [0.05, 0.1) is 4.92 Å². The fourth-order valence-corrected chi connectivity index (χ4v) is 2.55. The third-order valence-corrected chi connectivity index (χ3v) is 5.81. The summed E-state index contributed by atoms with van der Waals surface area (Å²) in [5.41, 5.74) is -0.00442. The molecule has 0 heterocycles. The molecule has 0 N–H and O–H groups in total. The smallest absolute Gasteiger partial charge is 0.270 e. The molecule has 0 saturated heterocycles. The van der Waals surface area contributed by atoms with E-state index in [4.69, 9.17) is 0 Å². The molecule has 4 nitrogen and oxygen atoms in total. The minimum absolute atomic E-state index is 0.000459. The number of nitro benzene ring substituents is 1. The molecule has 15 heavy (non-hydrogen) atoms. The van der Waals surface area contributed by atoms with Crippen LogP contribution in [-0.4, -0.2) is 20.6 Å². The van der Waals surface area contributed by atoms with Gasteiger partial charge in [0.2, 0.25) is 0 Å². The van der Waals surface area contributed by atoms with Crippen molar-refractivity contribution in [3.8, 4) is 0 Å². The Labute approximate surface area is 89.9 Å². The first kappa shape index (κ1) is 11.8. The van der Waals surface area contributed by atoms with Crippen molar-refractivity contribution in [2.45, 2.75) is 24.0 Å². The van der Waals surface area contributed by atoms with E-state index in [0.29, 0.717) is 4.90 Å². The summed E-state index contributed by atoms with van der Waals surface area (Å²) < 4.78 is 12.3. The van der Waals surface area contributed by atoms with Gasteiger partial charge in [-0.1, -0.05) is 29.8 Å². The van der Waals surface area contributed by atoms with Crippen LogP contribution in [0.15, 0.2) is 29.2 Å². The zero-order chi connectivity index (χ0) is 11.6. The van der Waals surface area contributed by atoms with E-state index in [9.17, 15) is 14.3 Å². The number of thiol groups is 1. The average molecular weight is 229 g/mol. The van der Waals surface area contributed by atoms with Crippen LogP contribution >= 0.6 is 0 Å². The topological polar surface area (TPSA) is 60.2 Å². The summed E-state index contributed by atoms with van der Waals surface area (Å²) >= 11 is 0. The number of benzene rings is 1. The molecule has 0 saturated carbocycles. The summed E-state index contributed by atoms with van der Waals surface area (Å²) in [5.74, 6) is 0. The average Bonchev–Trinajstić information content (AvgIpc) is 2.17. The highest BCUT2D eigenvalue weighted by atomic mass is 32.2. The maximum absolute atomic E-state index is 12.3. The van der Waals surface area contributed by atoms with Crippen LogP contribution in [0.2, 0.25) is 0 Å². The Bertz CT molecular complexity index is 428. The lowest BCUT2D eigenvalue weighted by atomic mass is 10.3. The molecule has 1 aromatic rings. The van der Waals surface area contributed by atoms with Crippen molar-refractivity contribution in [2.24, 2.45) is 0 Å². The Kier molecular flexibility index (Phi) is 3.24. The van der Waals surface area contributed by atoms with E-state index in [1.54, 1.807) is 18.4 Å². The van der Waals surface area contributed by atoms with Crippen molar-refractivity contribution in [2.75, 3.05) is 6.26 Å². The molecule has 1 rings (SSSR count). The summed E-state index contributed by atoms with van der Waals surface area (Å²) in [4.78, 5) is 10.7. The Hall–Kier alpha value is -1.23. The second kappa shape index (κ2) is 4.10. The van der Waals surface area contributed by atoms with Crippen LogP contribution in [0.3, 0.4) is 0 Å². The van der Waals surface area contributed by atoms with Crippen molar-refractivity contribution in [1.29, 1.82) is 0 Å². The second-order valence-electron chi connectivity index (χ2n) is 3.86. The summed E-state index contributed by atoms with van der Waals surface area (Å²) in [6, 6.07) is 6.07. The SMILES string of the molecule is CC(C)[SH](C)(=O)c1cccc([N+](=O)[O-])c1. The Balaban J connectivity index is 3.22. The third kappa shape index (κ3) is 2.41. The Morgan fingerprint density at radius 2 is 2.00 bits per heavy atom. The van der Waals surface area contributed by atoms with Crippen LogP contribution in [0.25, 0.3) is 0 Å². The van der Waals surface area contributed by atoms with Gasteiger partial charge in [0.25, 0.3) is 5.69 Å². The number of nitrogens with zero attached hydrogens (tertiary/aromatic N) is 1. The molecule has 5 heteroatoms. The van der Waals surface area contributed by atoms with Crippen LogP contribution < -0.4 is 0 Å². The molecule has 0 aliphatic carbocycles. The predicted octanol–water partition coefficient (Wildman–Crippen LogP) is 2.01. The van der Waals surface area contributed by atoms with Crippen molar-refractivity contribution in [3.63, 3.8) is 0 Å². The van der Waals surface area contributed by atoms with E-state index in [0.717, 1.165) is 0 Å². The minimum Gasteiger partial charge on any atom is -0.280 e. The van der Waals surface area contributed by atoms with Gasteiger partial charge in [-0.2, -0.15) is 0 Å². The number of nitro groups is 1. The first-order valence-corrected chi connectivity index (χ1v) is 6.90. The molecule has 0 aromatic heterocycles. The van der Waals surface area contributed by atoms with Crippen molar-refractivity contribution < 1.29 is 9.13 Å². The van der Waals surface area contributed by atoms with E-state index in [-0.39, 0.29) is 10.9 Å². The van der Waals surface area contributed by atoms with Gasteiger partial charge < -0.3 is 0 Å². The largest absolute Gasteiger partial charge is 0.280 e. The molecular formula is C10H15NO3S. The van der Waals surface area contributed by atoms with E-state index >= 15 is 0 Å². The van der Waals surface area contributed by atoms with Gasteiger partial charge in [0, 0.05) is 22.3 Å². The van der Waals surface area contributed by atoms with Gasteiger partial charge in [0.1, 0.15) is 0 Å². The molecule has 0 spiro atoms. The second-order valence-corrected chi connectivity index (χ2v) is 7.39. The first-order chi connectivity index (χ1) is 6.85. The van der Waals surface area contributed by atoms with E-state index in [1.807, 2.05) is 13.8 Å². The van der Waals surface area contributed by atoms with Gasteiger partial charge >= 0.3 is 0 Å². The molecule has 0 amide bonds. The van der Waals surface area contributed by atoms with Crippen molar-refractivity contribution in [3.05, 3.63) is 34.4 Å². The van der Waals surface area contributed by atoms with Crippen molar-refractivity contribution in [1.82, 2.24) is 0 Å². The lowest BCUT2D eigenvalue weighted by Crippen LogP contribution is -2.21. The molecule has 0 unspecified atom stereocenters. The number of non-ortho nitro benzene ring substituents is 1. The summed E-state index contributed by atoms with van der Waals surface area (Å²) in [6.07, 6.45) is 1.66. The summed E-state index contributed by atoms with van der Waals surface area (Å²) in [5, 5.41) is 10.6. The van der Waals surface area contributed by atoms with Crippen LogP contribution in [-0.2, 0) is 9.93 Å². The van der Waals surface area contributed by atoms with Crippen LogP contribution in [0.4, 0.5) is 5.69 Å². The molecule has 0 bridgehead atoms. The summed E-state index contributed by atoms with van der Waals surface area (Å²) in [6.45, 7) is 3.72. The highest BCUT2D eigenvalue weighted by molar-refractivity contribution is 8.03. The van der Waals surface area contributed by atoms with Gasteiger partial charge in [-0.15, -0.1) is 0 Å². The molecule has 0 radical (unpaired) electrons. The fourth-order valence-electron chi connectivity index (χ4n) is 1.18. The number of rotatable bonds is 3. The molecule has 0 fully saturated rings. The Morgan fingerprint density at radius 3 is 2.47 bits per heavy atom. The van der Waals surface area contributed by atoms with E-state index in [2.05, 4.69) is 0 Å². The third-order valence-electron chi connectivity index (χ3n) is 2.54. The lowest BCUT2D eigenvalue weighted by Gasteiger charge is -2.22. The molecule has 0 atom stereocenters. The molecule has 84 valence electrons. The predicted molar refractivity (Wildman–Crippen MR) is 62.0 cm³/mol. The van der Waals surface area contributed by atoms with E-state index in [1.165, 1.54) is 12.1 Å². The zero-order valence-electron chi connectivity index (χ0n) is 9.01. The number of hydrogen-bond acceptors (Lipinski definition) is 3. The van der Waals surface area contributed by atoms with Crippen LogP contribution in [0.1, 0.15) is 13.8 Å². The number of hydrogen-bond donors (Lipinski definition) is 1. The Morgan fingerprint density at radius 1 is 1.40 bits per heavy atom. The molecule has 0 aliphatic rings. The lowest BCUT2D eigenvalue weighted by molar-refractivity contribution is -0.385. The minimum atomic E-state index is -2.49. The van der Waals surface area contributed by atoms with Crippen LogP contribution in [0.5, 0.6) is 0 Å². The van der Waals surface area contributed by atoms with Crippen molar-refractivity contribution >= 4 is 15.6 Å². The van der Waals surface area contributed by atoms with Gasteiger partial charge in [-0.25, -0.2) is 0 Å². The monoisotopic (exact) mass is 229 g/mol. The molecule has 0 aliphatic heterocycles. The standard InChI is InChI=1S/C10H15NO3S/c1-8(2)15(3,14)10-6-4-5-9(7-10)11(12)13/h4-8,15H,1-3H3. The quantitative estimate of drug-likeness (QED) is 0.490. The highest BCUT2D eigenvalue weighted by Gasteiger charge is 2.18. The first-order valence-electron chi connectivity index (χ1n) is 4.68. The van der Waals surface area contributed by atoms with Crippen LogP contribution in [0, 0.1) is 10.1 Å². The van der Waals surface area contributed by atoms with Gasteiger partial charge in [0.15, 0.2) is 0 Å². The fraction of sp³-hybridized carbons (Fsp3) is 0.400. The zero-order valence-corrected chi connectivity index (χ0v) is 9.90. The van der Waals surface area contributed by atoms with E-state index < -0.39 is 14.9 Å². The highest BCUT2D eigenvalue weighted by Crippen LogP contribution is 2.24. The molecular weight excluding hydrogens is 214 g/mol. The summed E-state index contributed by atoms with van der Waals surface area (Å²) in [7, 11) is -2.49.